The Bertz CT molecular complexity index is 1210. The van der Waals surface area contributed by atoms with E-state index in [1.807, 2.05) is 0 Å². The summed E-state index contributed by atoms with van der Waals surface area (Å²) in [7, 11) is 1.33. The molecule has 12 heteroatoms. The summed E-state index contributed by atoms with van der Waals surface area (Å²) >= 11 is 11.9. The predicted molar refractivity (Wildman–Crippen MR) is 115 cm³/mol. The average Bonchev–Trinajstić information content (AvgIpc) is 3.02. The van der Waals surface area contributed by atoms with Crippen LogP contribution < -0.4 is 5.32 Å². The minimum absolute atomic E-state index is 0.0298. The quantitative estimate of drug-likeness (QED) is 0.477. The highest BCUT2D eigenvalue weighted by Crippen LogP contribution is 2.36. The minimum atomic E-state index is -4.69. The maximum absolute atomic E-state index is 13.2. The summed E-state index contributed by atoms with van der Waals surface area (Å²) in [5, 5.41) is 5.96. The van der Waals surface area contributed by atoms with Crippen LogP contribution in [0.1, 0.15) is 21.6 Å². The number of amides is 2. The monoisotopic (exact) mass is 502 g/mol. The number of hydrogen-bond donors (Lipinski definition) is 1. The van der Waals surface area contributed by atoms with E-state index in [0.717, 1.165) is 11.0 Å². The summed E-state index contributed by atoms with van der Waals surface area (Å²) in [6, 6.07) is 8.21. The zero-order chi connectivity index (χ0) is 24.5. The van der Waals surface area contributed by atoms with E-state index in [1.165, 1.54) is 42.1 Å². The largest absolute Gasteiger partial charge is 0.417 e. The number of hydrogen-bond acceptors (Lipinski definition) is 3. The van der Waals surface area contributed by atoms with Crippen LogP contribution in [0.3, 0.4) is 0 Å². The molecule has 0 atom stereocenters. The van der Waals surface area contributed by atoms with E-state index in [-0.39, 0.29) is 22.1 Å². The number of nitrogens with one attached hydrogen (secondary N) is 1. The molecule has 0 aliphatic heterocycles. The van der Waals surface area contributed by atoms with E-state index < -0.39 is 40.9 Å². The Hall–Kier alpha value is -3.11. The van der Waals surface area contributed by atoms with Crippen molar-refractivity contribution in [1.29, 1.82) is 0 Å². The van der Waals surface area contributed by atoms with Crippen molar-refractivity contribution in [2.24, 2.45) is 0 Å². The van der Waals surface area contributed by atoms with Gasteiger partial charge in [0, 0.05) is 12.7 Å². The predicted octanol–water partition coefficient (Wildman–Crippen LogP) is 5.36. The fraction of sp³-hybridized carbons (Fsp3) is 0.190. The molecule has 0 fully saturated rings. The number of aryl methyl sites for hydroxylation is 1. The van der Waals surface area contributed by atoms with Gasteiger partial charge in [-0.05, 0) is 49.4 Å². The van der Waals surface area contributed by atoms with Gasteiger partial charge in [-0.25, -0.2) is 9.07 Å². The van der Waals surface area contributed by atoms with E-state index in [4.69, 9.17) is 23.2 Å². The summed E-state index contributed by atoms with van der Waals surface area (Å²) in [4.78, 5) is 26.3. The first-order valence-electron chi connectivity index (χ1n) is 9.31. The van der Waals surface area contributed by atoms with Gasteiger partial charge in [0.25, 0.3) is 5.91 Å². The van der Waals surface area contributed by atoms with E-state index in [9.17, 15) is 27.2 Å². The summed E-state index contributed by atoms with van der Waals surface area (Å²) in [6.07, 6.45) is -4.69. The highest BCUT2D eigenvalue weighted by Gasteiger charge is 2.33. The lowest BCUT2D eigenvalue weighted by Crippen LogP contribution is -2.35. The Morgan fingerprint density at radius 2 is 1.76 bits per heavy atom. The molecule has 3 aromatic rings. The third-order valence-corrected chi connectivity index (χ3v) is 5.25. The molecular weight excluding hydrogens is 487 g/mol. The van der Waals surface area contributed by atoms with Crippen LogP contribution in [0.15, 0.2) is 42.5 Å². The minimum Gasteiger partial charge on any atom is -0.332 e. The summed E-state index contributed by atoms with van der Waals surface area (Å²) < 4.78 is 53.4. The maximum Gasteiger partial charge on any atom is 0.417 e. The number of likely N-dealkylation sites (N-methyl/N-ethyl adjacent to an activating group) is 1. The molecule has 0 bridgehead atoms. The fourth-order valence-electron chi connectivity index (χ4n) is 2.99. The van der Waals surface area contributed by atoms with Gasteiger partial charge >= 0.3 is 6.18 Å². The molecule has 0 aliphatic carbocycles. The lowest BCUT2D eigenvalue weighted by molar-refractivity contribution is -0.137. The van der Waals surface area contributed by atoms with Crippen molar-refractivity contribution >= 4 is 40.7 Å². The molecule has 174 valence electrons. The van der Waals surface area contributed by atoms with Gasteiger partial charge in [-0.1, -0.05) is 23.2 Å². The van der Waals surface area contributed by atoms with Crippen LogP contribution in [-0.2, 0) is 11.0 Å². The van der Waals surface area contributed by atoms with Gasteiger partial charge in [0.1, 0.15) is 11.0 Å². The number of alkyl halides is 3. The standard InChI is InChI=1S/C21H16Cl2F4N4O2/c1-11-18(19(23)31(29-11)14-6-3-12(24)4-7-14)20(33)30(2)10-17(32)28-13-5-8-16(22)15(9-13)21(25,26)27/h3-9H,10H2,1-2H3,(H,28,32). The van der Waals surface area contributed by atoms with Crippen LogP contribution in [0.4, 0.5) is 23.2 Å². The highest BCUT2D eigenvalue weighted by molar-refractivity contribution is 6.33. The van der Waals surface area contributed by atoms with Crippen LogP contribution >= 0.6 is 23.2 Å². The van der Waals surface area contributed by atoms with Crippen LogP contribution in [0, 0.1) is 12.7 Å². The van der Waals surface area contributed by atoms with Crippen molar-refractivity contribution in [3.8, 4) is 5.69 Å². The van der Waals surface area contributed by atoms with E-state index >= 15 is 0 Å². The third-order valence-electron chi connectivity index (χ3n) is 4.57. The Morgan fingerprint density at radius 1 is 1.12 bits per heavy atom. The number of halogens is 6. The first-order chi connectivity index (χ1) is 15.4. The van der Waals surface area contributed by atoms with Gasteiger partial charge in [-0.15, -0.1) is 0 Å². The molecular formula is C21H16Cl2F4N4O2. The molecule has 0 saturated heterocycles. The van der Waals surface area contributed by atoms with Crippen LogP contribution in [-0.4, -0.2) is 40.1 Å². The molecule has 0 saturated carbocycles. The Morgan fingerprint density at radius 3 is 2.36 bits per heavy atom. The number of aromatic nitrogens is 2. The van der Waals surface area contributed by atoms with Crippen molar-refractivity contribution in [2.75, 3.05) is 18.9 Å². The first-order valence-corrected chi connectivity index (χ1v) is 10.1. The molecule has 1 N–H and O–H groups in total. The molecule has 33 heavy (non-hydrogen) atoms. The maximum atomic E-state index is 13.2. The summed E-state index contributed by atoms with van der Waals surface area (Å²) in [6.45, 7) is 1.07. The van der Waals surface area contributed by atoms with Crippen molar-refractivity contribution in [3.63, 3.8) is 0 Å². The second kappa shape index (κ2) is 9.40. The van der Waals surface area contributed by atoms with E-state index in [2.05, 4.69) is 10.4 Å². The molecule has 6 nitrogen and oxygen atoms in total. The Balaban J connectivity index is 1.75. The van der Waals surface area contributed by atoms with Crippen molar-refractivity contribution in [3.05, 3.63) is 75.3 Å². The fourth-order valence-corrected chi connectivity index (χ4v) is 3.57. The SMILES string of the molecule is Cc1nn(-c2ccc(F)cc2)c(Cl)c1C(=O)N(C)CC(=O)Nc1ccc(Cl)c(C(F)(F)F)c1. The van der Waals surface area contributed by atoms with Crippen LogP contribution in [0.5, 0.6) is 0 Å². The van der Waals surface area contributed by atoms with Gasteiger partial charge in [0.05, 0.1) is 34.1 Å². The number of carbonyl (C=O) groups is 2. The molecule has 0 aliphatic rings. The highest BCUT2D eigenvalue weighted by atomic mass is 35.5. The van der Waals surface area contributed by atoms with Gasteiger partial charge in [0.2, 0.25) is 5.91 Å². The molecule has 0 spiro atoms. The van der Waals surface area contributed by atoms with Crippen molar-refractivity contribution < 1.29 is 27.2 Å². The van der Waals surface area contributed by atoms with Gasteiger partial charge < -0.3 is 10.2 Å². The van der Waals surface area contributed by atoms with Crippen molar-refractivity contribution in [1.82, 2.24) is 14.7 Å². The molecule has 0 unspecified atom stereocenters. The second-order valence-corrected chi connectivity index (χ2v) is 7.81. The topological polar surface area (TPSA) is 67.2 Å². The molecule has 1 heterocycles. The zero-order valence-electron chi connectivity index (χ0n) is 17.2. The zero-order valence-corrected chi connectivity index (χ0v) is 18.7. The summed E-state index contributed by atoms with van der Waals surface area (Å²) in [5.74, 6) is -1.82. The summed E-state index contributed by atoms with van der Waals surface area (Å²) in [5.41, 5.74) is -0.499. The molecule has 2 amide bonds. The molecule has 2 aromatic carbocycles. The Kier molecular flexibility index (Phi) is 6.99. The second-order valence-electron chi connectivity index (χ2n) is 7.04. The van der Waals surface area contributed by atoms with E-state index in [1.54, 1.807) is 6.92 Å². The number of anilines is 1. The molecule has 3 rings (SSSR count). The number of benzene rings is 2. The lowest BCUT2D eigenvalue weighted by atomic mass is 10.2. The third kappa shape index (κ3) is 5.45. The van der Waals surface area contributed by atoms with Crippen LogP contribution in [0.2, 0.25) is 10.2 Å². The Labute approximate surface area is 195 Å². The van der Waals surface area contributed by atoms with E-state index in [0.29, 0.717) is 11.8 Å². The normalized spacial score (nSPS) is 11.4. The first kappa shape index (κ1) is 24.5. The average molecular weight is 503 g/mol. The number of nitrogens with zero attached hydrogens (tertiary/aromatic N) is 3. The smallest absolute Gasteiger partial charge is 0.332 e. The molecule has 0 radical (unpaired) electrons. The lowest BCUT2D eigenvalue weighted by Gasteiger charge is -2.17. The van der Waals surface area contributed by atoms with Gasteiger partial charge in [0.15, 0.2) is 0 Å². The van der Waals surface area contributed by atoms with Crippen molar-refractivity contribution in [2.45, 2.75) is 13.1 Å². The number of carbonyl (C=O) groups excluding carboxylic acids is 2. The number of rotatable bonds is 5. The van der Waals surface area contributed by atoms with Gasteiger partial charge in [-0.2, -0.15) is 18.3 Å². The van der Waals surface area contributed by atoms with Gasteiger partial charge in [-0.3, -0.25) is 9.59 Å². The van der Waals surface area contributed by atoms with Crippen LogP contribution in [0.25, 0.3) is 5.69 Å². The molecule has 1 aromatic heterocycles.